The number of benzene rings is 1. The summed E-state index contributed by atoms with van der Waals surface area (Å²) >= 11 is 0. The van der Waals surface area contributed by atoms with E-state index in [-0.39, 0.29) is 31.7 Å². The first kappa shape index (κ1) is 18.4. The molecule has 1 heterocycles. The van der Waals surface area contributed by atoms with Crippen molar-refractivity contribution < 1.29 is 22.7 Å². The van der Waals surface area contributed by atoms with Crippen LogP contribution in [0, 0.1) is 5.92 Å². The third-order valence-corrected chi connectivity index (χ3v) is 5.21. The van der Waals surface area contributed by atoms with E-state index >= 15 is 0 Å². The molecule has 0 radical (unpaired) electrons. The molecule has 0 unspecified atom stereocenters. The molecule has 0 fully saturated rings. The SMILES string of the molecule is CCC(CC)C(=O)NCCN(c1ccc2c(c1)OCO2)S(C)(=O)=O. The van der Waals surface area contributed by atoms with Gasteiger partial charge in [-0.15, -0.1) is 0 Å². The smallest absolute Gasteiger partial charge is 0.232 e. The summed E-state index contributed by atoms with van der Waals surface area (Å²) in [5.74, 6) is 1.03. The van der Waals surface area contributed by atoms with E-state index in [0.29, 0.717) is 17.2 Å². The van der Waals surface area contributed by atoms with Crippen LogP contribution in [0.5, 0.6) is 11.5 Å². The van der Waals surface area contributed by atoms with Crippen molar-refractivity contribution in [3.05, 3.63) is 18.2 Å². The van der Waals surface area contributed by atoms with Gasteiger partial charge in [-0.3, -0.25) is 9.10 Å². The fraction of sp³-hybridized carbons (Fsp3) is 0.562. The lowest BCUT2D eigenvalue weighted by molar-refractivity contribution is -0.125. The van der Waals surface area contributed by atoms with Crippen molar-refractivity contribution in [1.29, 1.82) is 0 Å². The Morgan fingerprint density at radius 1 is 1.25 bits per heavy atom. The van der Waals surface area contributed by atoms with Gasteiger partial charge in [0.15, 0.2) is 11.5 Å². The molecule has 7 nitrogen and oxygen atoms in total. The first-order chi connectivity index (χ1) is 11.4. The zero-order valence-corrected chi connectivity index (χ0v) is 15.1. The van der Waals surface area contributed by atoms with E-state index in [9.17, 15) is 13.2 Å². The monoisotopic (exact) mass is 356 g/mol. The number of hydrogen-bond donors (Lipinski definition) is 1. The maximum atomic E-state index is 12.1. The van der Waals surface area contributed by atoms with Crippen LogP contribution in [0.1, 0.15) is 26.7 Å². The average molecular weight is 356 g/mol. The molecule has 1 amide bonds. The predicted octanol–water partition coefficient (Wildman–Crippen LogP) is 1.73. The highest BCUT2D eigenvalue weighted by atomic mass is 32.2. The Morgan fingerprint density at radius 3 is 2.54 bits per heavy atom. The van der Waals surface area contributed by atoms with Crippen LogP contribution in [-0.2, 0) is 14.8 Å². The number of nitrogens with one attached hydrogen (secondary N) is 1. The topological polar surface area (TPSA) is 84.9 Å². The number of carbonyl (C=O) groups is 1. The molecular formula is C16H24N2O5S. The summed E-state index contributed by atoms with van der Waals surface area (Å²) in [4.78, 5) is 12.0. The minimum atomic E-state index is -3.48. The van der Waals surface area contributed by atoms with Gasteiger partial charge in [-0.2, -0.15) is 0 Å². The average Bonchev–Trinajstić information content (AvgIpc) is 2.99. The van der Waals surface area contributed by atoms with Crippen LogP contribution >= 0.6 is 0 Å². The Balaban J connectivity index is 2.06. The Hall–Kier alpha value is -1.96. The second-order valence-electron chi connectivity index (χ2n) is 5.68. The van der Waals surface area contributed by atoms with E-state index in [1.807, 2.05) is 13.8 Å². The van der Waals surface area contributed by atoms with Crippen molar-refractivity contribution in [3.8, 4) is 11.5 Å². The lowest BCUT2D eigenvalue weighted by Crippen LogP contribution is -2.39. The van der Waals surface area contributed by atoms with Crippen LogP contribution in [0.25, 0.3) is 0 Å². The molecule has 0 aliphatic carbocycles. The van der Waals surface area contributed by atoms with Crippen LogP contribution in [-0.4, -0.2) is 40.5 Å². The van der Waals surface area contributed by atoms with E-state index in [0.717, 1.165) is 19.1 Å². The van der Waals surface area contributed by atoms with Crippen molar-refractivity contribution in [3.63, 3.8) is 0 Å². The number of anilines is 1. The molecule has 0 atom stereocenters. The fourth-order valence-electron chi connectivity index (χ4n) is 2.61. The molecule has 134 valence electrons. The van der Waals surface area contributed by atoms with E-state index in [2.05, 4.69) is 5.32 Å². The number of nitrogens with zero attached hydrogens (tertiary/aromatic N) is 1. The Kier molecular flexibility index (Phi) is 5.93. The number of fused-ring (bicyclic) bond motifs is 1. The summed E-state index contributed by atoms with van der Waals surface area (Å²) in [6.45, 7) is 4.46. The van der Waals surface area contributed by atoms with Crippen molar-refractivity contribution in [2.24, 2.45) is 5.92 Å². The minimum Gasteiger partial charge on any atom is -0.454 e. The molecule has 1 aliphatic heterocycles. The number of hydrogen-bond acceptors (Lipinski definition) is 5. The third-order valence-electron chi connectivity index (χ3n) is 4.01. The summed E-state index contributed by atoms with van der Waals surface area (Å²) in [6, 6.07) is 4.97. The summed E-state index contributed by atoms with van der Waals surface area (Å²) in [7, 11) is -3.48. The summed E-state index contributed by atoms with van der Waals surface area (Å²) in [5.41, 5.74) is 0.485. The van der Waals surface area contributed by atoms with Gasteiger partial charge in [-0.25, -0.2) is 8.42 Å². The van der Waals surface area contributed by atoms with Gasteiger partial charge in [0.1, 0.15) is 0 Å². The number of carbonyl (C=O) groups excluding carboxylic acids is 1. The zero-order chi connectivity index (χ0) is 17.7. The molecule has 2 rings (SSSR count). The van der Waals surface area contributed by atoms with Crippen LogP contribution in [0.15, 0.2) is 18.2 Å². The lowest BCUT2D eigenvalue weighted by Gasteiger charge is -2.23. The number of amides is 1. The van der Waals surface area contributed by atoms with Crippen molar-refractivity contribution in [2.45, 2.75) is 26.7 Å². The maximum absolute atomic E-state index is 12.1. The standard InChI is InChI=1S/C16H24N2O5S/c1-4-12(5-2)16(19)17-8-9-18(24(3,20)21)13-6-7-14-15(10-13)23-11-22-14/h6-7,10,12H,4-5,8-9,11H2,1-3H3,(H,17,19). The molecule has 1 aliphatic rings. The van der Waals surface area contributed by atoms with Gasteiger partial charge in [-0.05, 0) is 25.0 Å². The maximum Gasteiger partial charge on any atom is 0.232 e. The van der Waals surface area contributed by atoms with Gasteiger partial charge in [-0.1, -0.05) is 13.8 Å². The second-order valence-corrected chi connectivity index (χ2v) is 7.58. The van der Waals surface area contributed by atoms with Crippen LogP contribution in [0.3, 0.4) is 0 Å². The lowest BCUT2D eigenvalue weighted by atomic mass is 10.0. The van der Waals surface area contributed by atoms with E-state index in [4.69, 9.17) is 9.47 Å². The van der Waals surface area contributed by atoms with Gasteiger partial charge >= 0.3 is 0 Å². The fourth-order valence-corrected chi connectivity index (χ4v) is 3.53. The molecule has 1 aromatic carbocycles. The normalized spacial score (nSPS) is 13.2. The van der Waals surface area contributed by atoms with Gasteiger partial charge in [0, 0.05) is 18.5 Å². The quantitative estimate of drug-likeness (QED) is 0.767. The highest BCUT2D eigenvalue weighted by Crippen LogP contribution is 2.35. The molecule has 24 heavy (non-hydrogen) atoms. The van der Waals surface area contributed by atoms with Gasteiger partial charge in [0.25, 0.3) is 0 Å². The Bertz CT molecular complexity index is 686. The van der Waals surface area contributed by atoms with Gasteiger partial charge < -0.3 is 14.8 Å². The van der Waals surface area contributed by atoms with Crippen LogP contribution in [0.4, 0.5) is 5.69 Å². The van der Waals surface area contributed by atoms with E-state index < -0.39 is 10.0 Å². The zero-order valence-electron chi connectivity index (χ0n) is 14.2. The number of sulfonamides is 1. The number of ether oxygens (including phenoxy) is 2. The summed E-state index contributed by atoms with van der Waals surface area (Å²) < 4.78 is 36.0. The Morgan fingerprint density at radius 2 is 1.92 bits per heavy atom. The van der Waals surface area contributed by atoms with Crippen molar-refractivity contribution >= 4 is 21.6 Å². The largest absolute Gasteiger partial charge is 0.454 e. The first-order valence-corrected chi connectivity index (χ1v) is 9.86. The molecule has 0 saturated heterocycles. The second kappa shape index (κ2) is 7.74. The molecule has 0 spiro atoms. The van der Waals surface area contributed by atoms with Crippen molar-refractivity contribution in [1.82, 2.24) is 5.32 Å². The highest BCUT2D eigenvalue weighted by molar-refractivity contribution is 7.92. The van der Waals surface area contributed by atoms with Crippen LogP contribution < -0.4 is 19.1 Å². The van der Waals surface area contributed by atoms with E-state index in [1.165, 1.54) is 4.31 Å². The first-order valence-electron chi connectivity index (χ1n) is 8.01. The van der Waals surface area contributed by atoms with Crippen LogP contribution in [0.2, 0.25) is 0 Å². The third kappa shape index (κ3) is 4.31. The molecular weight excluding hydrogens is 332 g/mol. The molecule has 0 saturated carbocycles. The predicted molar refractivity (Wildman–Crippen MR) is 91.8 cm³/mol. The van der Waals surface area contributed by atoms with Gasteiger partial charge in [0.2, 0.25) is 22.7 Å². The molecule has 0 aromatic heterocycles. The molecule has 1 aromatic rings. The Labute approximate surface area is 143 Å². The summed E-state index contributed by atoms with van der Waals surface area (Å²) in [6.07, 6.45) is 2.67. The highest BCUT2D eigenvalue weighted by Gasteiger charge is 2.22. The molecule has 0 bridgehead atoms. The molecule has 1 N–H and O–H groups in total. The van der Waals surface area contributed by atoms with Crippen molar-refractivity contribution in [2.75, 3.05) is 30.4 Å². The minimum absolute atomic E-state index is 0.0396. The van der Waals surface area contributed by atoms with E-state index in [1.54, 1.807) is 18.2 Å². The number of rotatable bonds is 8. The molecule has 8 heteroatoms. The van der Waals surface area contributed by atoms with Gasteiger partial charge in [0.05, 0.1) is 18.5 Å². The summed E-state index contributed by atoms with van der Waals surface area (Å²) in [5, 5.41) is 2.81.